The van der Waals surface area contributed by atoms with Crippen molar-refractivity contribution < 1.29 is 23.5 Å². The van der Waals surface area contributed by atoms with Crippen LogP contribution in [-0.2, 0) is 16.2 Å². The fourth-order valence-electron chi connectivity index (χ4n) is 4.29. The van der Waals surface area contributed by atoms with E-state index >= 15 is 0 Å². The van der Waals surface area contributed by atoms with Gasteiger partial charge in [0.05, 0.1) is 19.1 Å². The first-order valence-electron chi connectivity index (χ1n) is 12.2. The molecule has 0 spiro atoms. The summed E-state index contributed by atoms with van der Waals surface area (Å²) in [6.07, 6.45) is 4.81. The molecule has 3 aliphatic heterocycles. The van der Waals surface area contributed by atoms with Gasteiger partial charge in [0, 0.05) is 13.1 Å². The van der Waals surface area contributed by atoms with Crippen molar-refractivity contribution in [3.8, 4) is 11.5 Å². The minimum Gasteiger partial charge on any atom is -0.493 e. The normalized spacial score (nSPS) is 18.3. The van der Waals surface area contributed by atoms with E-state index in [-0.39, 0.29) is 41.3 Å². The number of methoxy groups -OCH3 is 1. The molecule has 11 heteroatoms. The summed E-state index contributed by atoms with van der Waals surface area (Å²) in [4.78, 5) is 31.4. The number of likely N-dealkylation sites (tertiary alicyclic amines) is 1. The Kier molecular flexibility index (Phi) is 7.54. The molecule has 9 nitrogen and oxygen atoms in total. The van der Waals surface area contributed by atoms with Crippen LogP contribution >= 0.6 is 11.8 Å². The van der Waals surface area contributed by atoms with Gasteiger partial charge in [-0.1, -0.05) is 18.2 Å². The number of thioether (sulfide) groups is 1. The molecule has 0 unspecified atom stereocenters. The summed E-state index contributed by atoms with van der Waals surface area (Å²) in [5, 5.41) is 15.1. The van der Waals surface area contributed by atoms with Crippen molar-refractivity contribution in [2.24, 2.45) is 10.1 Å². The summed E-state index contributed by atoms with van der Waals surface area (Å²) in [6, 6.07) is 11.2. The Balaban J connectivity index is 1.29. The van der Waals surface area contributed by atoms with Crippen LogP contribution in [0, 0.1) is 11.2 Å². The molecule has 196 valence electrons. The zero-order chi connectivity index (χ0) is 26.6. The van der Waals surface area contributed by atoms with Crippen LogP contribution < -0.4 is 9.47 Å². The van der Waals surface area contributed by atoms with Gasteiger partial charge in [0.15, 0.2) is 17.3 Å². The summed E-state index contributed by atoms with van der Waals surface area (Å²) in [6.45, 7) is 1.73. The van der Waals surface area contributed by atoms with E-state index in [9.17, 15) is 14.0 Å². The Morgan fingerprint density at radius 3 is 2.63 bits per heavy atom. The van der Waals surface area contributed by atoms with Gasteiger partial charge in [-0.3, -0.25) is 15.0 Å². The highest BCUT2D eigenvalue weighted by molar-refractivity contribution is 8.27. The number of hydrogen-bond donors (Lipinski definition) is 1. The quantitative estimate of drug-likeness (QED) is 0.526. The lowest BCUT2D eigenvalue weighted by Crippen LogP contribution is -2.36. The Bertz CT molecular complexity index is 1370. The highest BCUT2D eigenvalue weighted by Crippen LogP contribution is 2.32. The third-order valence-corrected chi connectivity index (χ3v) is 7.22. The Hall–Kier alpha value is -3.99. The fourth-order valence-corrected chi connectivity index (χ4v) is 5.17. The van der Waals surface area contributed by atoms with Crippen molar-refractivity contribution in [3.05, 3.63) is 65.0 Å². The molecular weight excluding hydrogens is 509 g/mol. The maximum atomic E-state index is 13.1. The number of rotatable bonds is 7. The number of benzene rings is 2. The predicted octanol–water partition coefficient (Wildman–Crippen LogP) is 4.44. The van der Waals surface area contributed by atoms with E-state index in [0.29, 0.717) is 22.1 Å². The minimum absolute atomic E-state index is 0.00106. The lowest BCUT2D eigenvalue weighted by Gasteiger charge is -2.26. The van der Waals surface area contributed by atoms with E-state index in [1.165, 1.54) is 24.3 Å². The number of nitrogens with zero attached hydrogens (tertiary/aromatic N) is 4. The number of aliphatic imine (C=N–C) groups is 1. The number of carbonyl (C=O) groups excluding carboxylic acids is 2. The van der Waals surface area contributed by atoms with Crippen LogP contribution in [0.1, 0.15) is 36.8 Å². The number of fused-ring (bicyclic) bond motifs is 1. The van der Waals surface area contributed by atoms with Gasteiger partial charge in [-0.2, -0.15) is 15.1 Å². The number of carbonyl (C=O) groups is 2. The lowest BCUT2D eigenvalue weighted by molar-refractivity contribution is -0.130. The first kappa shape index (κ1) is 25.7. The molecule has 0 bridgehead atoms. The van der Waals surface area contributed by atoms with Gasteiger partial charge >= 0.3 is 0 Å². The van der Waals surface area contributed by atoms with Gasteiger partial charge in [0.2, 0.25) is 11.1 Å². The van der Waals surface area contributed by atoms with E-state index in [0.717, 1.165) is 49.7 Å². The molecule has 0 aliphatic carbocycles. The molecule has 1 saturated heterocycles. The smallest absolute Gasteiger partial charge is 0.283 e. The van der Waals surface area contributed by atoms with E-state index in [1.54, 1.807) is 36.4 Å². The molecule has 1 fully saturated rings. The largest absolute Gasteiger partial charge is 0.493 e. The summed E-state index contributed by atoms with van der Waals surface area (Å²) in [7, 11) is 1.50. The van der Waals surface area contributed by atoms with Gasteiger partial charge in [0.1, 0.15) is 17.5 Å². The first-order chi connectivity index (χ1) is 18.4. The number of amidine groups is 2. The van der Waals surface area contributed by atoms with Crippen molar-refractivity contribution in [1.82, 2.24) is 9.91 Å². The van der Waals surface area contributed by atoms with Gasteiger partial charge in [-0.05, 0) is 72.5 Å². The second-order valence-corrected chi connectivity index (χ2v) is 10.00. The van der Waals surface area contributed by atoms with E-state index in [1.807, 2.05) is 4.90 Å². The molecule has 2 aromatic rings. The summed E-state index contributed by atoms with van der Waals surface area (Å²) in [5.74, 6) is -0.0597. The van der Waals surface area contributed by atoms with Crippen LogP contribution in [-0.4, -0.2) is 58.0 Å². The molecule has 0 saturated carbocycles. The van der Waals surface area contributed by atoms with Crippen molar-refractivity contribution in [3.63, 3.8) is 0 Å². The second-order valence-electron chi connectivity index (χ2n) is 8.96. The maximum Gasteiger partial charge on any atom is 0.283 e. The lowest BCUT2D eigenvalue weighted by atomic mass is 10.1. The highest BCUT2D eigenvalue weighted by Gasteiger charge is 2.36. The number of halogens is 1. The molecule has 0 radical (unpaired) electrons. The number of piperidine rings is 1. The topological polar surface area (TPSA) is 108 Å². The molecule has 2 amide bonds. The number of hydrazone groups is 1. The van der Waals surface area contributed by atoms with Crippen molar-refractivity contribution >= 4 is 45.7 Å². The molecule has 3 aliphatic rings. The number of amides is 2. The van der Waals surface area contributed by atoms with Crippen molar-refractivity contribution in [2.75, 3.05) is 20.2 Å². The van der Waals surface area contributed by atoms with Crippen molar-refractivity contribution in [2.45, 2.75) is 32.3 Å². The second kappa shape index (κ2) is 11.2. The Morgan fingerprint density at radius 2 is 1.89 bits per heavy atom. The zero-order valence-electron chi connectivity index (χ0n) is 20.8. The van der Waals surface area contributed by atoms with E-state index in [4.69, 9.17) is 14.9 Å². The Morgan fingerprint density at radius 1 is 1.13 bits per heavy atom. The highest BCUT2D eigenvalue weighted by atomic mass is 32.2. The van der Waals surface area contributed by atoms with Crippen LogP contribution in [0.5, 0.6) is 11.5 Å². The van der Waals surface area contributed by atoms with Crippen molar-refractivity contribution in [1.29, 1.82) is 5.41 Å². The summed E-state index contributed by atoms with van der Waals surface area (Å²) >= 11 is 1.15. The van der Waals surface area contributed by atoms with Gasteiger partial charge in [0.25, 0.3) is 5.91 Å². The predicted molar refractivity (Wildman–Crippen MR) is 144 cm³/mol. The van der Waals surface area contributed by atoms with Crippen LogP contribution in [0.25, 0.3) is 6.08 Å². The molecule has 5 rings (SSSR count). The third kappa shape index (κ3) is 5.62. The van der Waals surface area contributed by atoms with E-state index in [2.05, 4.69) is 10.1 Å². The molecule has 3 heterocycles. The van der Waals surface area contributed by atoms with Crippen LogP contribution in [0.3, 0.4) is 0 Å². The van der Waals surface area contributed by atoms with Crippen LogP contribution in [0.2, 0.25) is 0 Å². The van der Waals surface area contributed by atoms with Gasteiger partial charge in [-0.25, -0.2) is 4.39 Å². The van der Waals surface area contributed by atoms with E-state index < -0.39 is 5.91 Å². The van der Waals surface area contributed by atoms with Crippen LogP contribution in [0.4, 0.5) is 4.39 Å². The molecule has 1 N–H and O–H groups in total. The number of hydrogen-bond acceptors (Lipinski definition) is 7. The number of nitrogens with one attached hydrogen (secondary N) is 1. The summed E-state index contributed by atoms with van der Waals surface area (Å²) in [5.41, 5.74) is 1.48. The summed E-state index contributed by atoms with van der Waals surface area (Å²) < 4.78 is 24.4. The molecule has 2 aromatic carbocycles. The molecule has 0 atom stereocenters. The average Bonchev–Trinajstić information content (AvgIpc) is 3.33. The molecule has 0 aromatic heterocycles. The van der Waals surface area contributed by atoms with Gasteiger partial charge < -0.3 is 14.4 Å². The molecule has 38 heavy (non-hydrogen) atoms. The standard InChI is InChI=1S/C27H26FN5O4S/c1-36-22-14-18(7-10-21(22)37-16-17-5-8-19(28)9-6-17)13-20-25(29)33-27(30-26(20)35)38-23(31-33)15-24(34)32-11-3-2-4-12-32/h5-10,13-14,29H,2-4,11-12,15-16H2,1H3/b20-13+,29-25?. The third-order valence-electron chi connectivity index (χ3n) is 6.31. The van der Waals surface area contributed by atoms with Gasteiger partial charge in [-0.15, -0.1) is 0 Å². The minimum atomic E-state index is -0.553. The fraction of sp³-hybridized carbons (Fsp3) is 0.296. The first-order valence-corrected chi connectivity index (χ1v) is 13.0. The maximum absolute atomic E-state index is 13.1. The average molecular weight is 536 g/mol. The molecular formula is C27H26FN5O4S. The van der Waals surface area contributed by atoms with Crippen LogP contribution in [0.15, 0.2) is 58.1 Å². The zero-order valence-corrected chi connectivity index (χ0v) is 21.6. The monoisotopic (exact) mass is 535 g/mol. The Labute approximate surface area is 223 Å². The number of ether oxygens (including phenoxy) is 2. The SMILES string of the molecule is COc1cc(/C=C2\C(=N)N3N=C(CC(=O)N4CCCCC4)SC3=NC2=O)ccc1OCc1ccc(F)cc1.